The Bertz CT molecular complexity index is 788. The van der Waals surface area contributed by atoms with Gasteiger partial charge in [0.2, 0.25) is 0 Å². The lowest BCUT2D eigenvalue weighted by Gasteiger charge is -2.35. The molecular formula is C21H28N4O2. The first kappa shape index (κ1) is 18.2. The Morgan fingerprint density at radius 2 is 2.04 bits per heavy atom. The Morgan fingerprint density at radius 1 is 1.22 bits per heavy atom. The summed E-state index contributed by atoms with van der Waals surface area (Å²) in [5.74, 6) is 0.981. The maximum absolute atomic E-state index is 13.1. The summed E-state index contributed by atoms with van der Waals surface area (Å²) in [5, 5.41) is 0. The number of ether oxygens (including phenoxy) is 1. The van der Waals surface area contributed by atoms with Crippen molar-refractivity contribution in [2.45, 2.75) is 32.8 Å². The van der Waals surface area contributed by atoms with Gasteiger partial charge in [0.25, 0.3) is 5.91 Å². The van der Waals surface area contributed by atoms with Gasteiger partial charge in [-0.3, -0.25) is 9.69 Å². The van der Waals surface area contributed by atoms with Crippen molar-refractivity contribution in [2.75, 3.05) is 39.3 Å². The van der Waals surface area contributed by atoms with Crippen molar-refractivity contribution < 1.29 is 9.53 Å². The largest absolute Gasteiger partial charge is 0.377 e. The van der Waals surface area contributed by atoms with Crippen LogP contribution in [-0.4, -0.2) is 70.7 Å². The number of aromatic nitrogens is 2. The molecule has 1 atom stereocenters. The van der Waals surface area contributed by atoms with Gasteiger partial charge in [0.05, 0.1) is 11.7 Å². The summed E-state index contributed by atoms with van der Waals surface area (Å²) in [7, 11) is 0. The average molecular weight is 368 g/mol. The molecular weight excluding hydrogens is 340 g/mol. The average Bonchev–Trinajstić information content (AvgIpc) is 3.30. The number of piperazine rings is 1. The van der Waals surface area contributed by atoms with Gasteiger partial charge in [-0.2, -0.15) is 0 Å². The molecule has 2 fully saturated rings. The molecule has 27 heavy (non-hydrogen) atoms. The van der Waals surface area contributed by atoms with Crippen LogP contribution in [0.4, 0.5) is 0 Å². The van der Waals surface area contributed by atoms with Crippen molar-refractivity contribution in [2.24, 2.45) is 0 Å². The zero-order chi connectivity index (χ0) is 18.8. The molecule has 1 amide bonds. The predicted molar refractivity (Wildman–Crippen MR) is 104 cm³/mol. The van der Waals surface area contributed by atoms with Gasteiger partial charge in [0.15, 0.2) is 0 Å². The summed E-state index contributed by atoms with van der Waals surface area (Å²) >= 11 is 0. The third kappa shape index (κ3) is 3.77. The molecule has 0 spiro atoms. The van der Waals surface area contributed by atoms with Gasteiger partial charge in [-0.05, 0) is 44.9 Å². The fraction of sp³-hybridized carbons (Fsp3) is 0.524. The topological polar surface area (TPSA) is 50.6 Å². The van der Waals surface area contributed by atoms with E-state index >= 15 is 0 Å². The summed E-state index contributed by atoms with van der Waals surface area (Å²) in [5.41, 5.74) is 2.77. The van der Waals surface area contributed by atoms with Gasteiger partial charge >= 0.3 is 0 Å². The smallest absolute Gasteiger partial charge is 0.255 e. The zero-order valence-electron chi connectivity index (χ0n) is 16.2. The maximum Gasteiger partial charge on any atom is 0.255 e. The van der Waals surface area contributed by atoms with Crippen LogP contribution in [0, 0.1) is 13.8 Å². The molecule has 2 aromatic rings. The van der Waals surface area contributed by atoms with E-state index in [-0.39, 0.29) is 5.91 Å². The zero-order valence-corrected chi connectivity index (χ0v) is 16.2. The van der Waals surface area contributed by atoms with Crippen molar-refractivity contribution in [3.05, 3.63) is 47.4 Å². The number of rotatable bonds is 4. The lowest BCUT2D eigenvalue weighted by molar-refractivity contribution is 0.0432. The standard InChI is InChI=1S/C21H28N4O2/c1-16-14-19(17(2)25(16)20-7-3-4-8-22-20)21(26)24-11-9-23(10-12-24)15-18-6-5-13-27-18/h3-4,7-8,14,18H,5-6,9-13,15H2,1-2H3. The lowest BCUT2D eigenvalue weighted by atomic mass is 10.1. The molecule has 6 heteroatoms. The van der Waals surface area contributed by atoms with Crippen LogP contribution in [0.15, 0.2) is 30.5 Å². The molecule has 4 heterocycles. The fourth-order valence-electron chi connectivity index (χ4n) is 4.20. The van der Waals surface area contributed by atoms with Gasteiger partial charge < -0.3 is 14.2 Å². The summed E-state index contributed by atoms with van der Waals surface area (Å²) < 4.78 is 7.80. The van der Waals surface area contributed by atoms with E-state index in [9.17, 15) is 4.79 Å². The Kier molecular flexibility index (Phi) is 5.27. The molecule has 4 rings (SSSR count). The minimum Gasteiger partial charge on any atom is -0.377 e. The first-order valence-corrected chi connectivity index (χ1v) is 9.87. The molecule has 2 aromatic heterocycles. The summed E-state index contributed by atoms with van der Waals surface area (Å²) in [6.45, 7) is 9.32. The van der Waals surface area contributed by atoms with Crippen molar-refractivity contribution in [3.8, 4) is 5.82 Å². The van der Waals surface area contributed by atoms with Crippen LogP contribution >= 0.6 is 0 Å². The van der Waals surface area contributed by atoms with Gasteiger partial charge in [-0.1, -0.05) is 6.07 Å². The molecule has 0 radical (unpaired) electrons. The monoisotopic (exact) mass is 368 g/mol. The summed E-state index contributed by atoms with van der Waals surface area (Å²) in [6, 6.07) is 7.83. The summed E-state index contributed by atoms with van der Waals surface area (Å²) in [6.07, 6.45) is 4.50. The number of aryl methyl sites for hydroxylation is 1. The Labute approximate surface area is 160 Å². The van der Waals surface area contributed by atoms with Crippen LogP contribution in [0.5, 0.6) is 0 Å². The number of hydrogen-bond acceptors (Lipinski definition) is 4. The van der Waals surface area contributed by atoms with E-state index in [2.05, 4.69) is 14.5 Å². The van der Waals surface area contributed by atoms with E-state index < -0.39 is 0 Å². The molecule has 0 N–H and O–H groups in total. The van der Waals surface area contributed by atoms with Crippen molar-refractivity contribution in [1.82, 2.24) is 19.4 Å². The second kappa shape index (κ2) is 7.82. The number of amides is 1. The number of carbonyl (C=O) groups excluding carboxylic acids is 1. The maximum atomic E-state index is 13.1. The van der Waals surface area contributed by atoms with E-state index in [0.717, 1.165) is 62.1 Å². The van der Waals surface area contributed by atoms with E-state index in [1.807, 2.05) is 43.0 Å². The number of hydrogen-bond donors (Lipinski definition) is 0. The second-order valence-corrected chi connectivity index (χ2v) is 7.54. The Morgan fingerprint density at radius 3 is 2.70 bits per heavy atom. The molecule has 1 unspecified atom stereocenters. The van der Waals surface area contributed by atoms with Crippen LogP contribution in [0.2, 0.25) is 0 Å². The van der Waals surface area contributed by atoms with E-state index in [1.165, 1.54) is 12.8 Å². The molecule has 2 aliphatic rings. The van der Waals surface area contributed by atoms with Crippen molar-refractivity contribution in [3.63, 3.8) is 0 Å². The van der Waals surface area contributed by atoms with Gasteiger partial charge in [0.1, 0.15) is 5.82 Å². The first-order valence-electron chi connectivity index (χ1n) is 9.87. The Balaban J connectivity index is 1.43. The van der Waals surface area contributed by atoms with Gasteiger partial charge in [-0.25, -0.2) is 4.98 Å². The van der Waals surface area contributed by atoms with Crippen LogP contribution in [0.3, 0.4) is 0 Å². The minimum atomic E-state index is 0.127. The fourth-order valence-corrected chi connectivity index (χ4v) is 4.20. The highest BCUT2D eigenvalue weighted by molar-refractivity contribution is 5.96. The molecule has 0 saturated carbocycles. The molecule has 144 valence electrons. The molecule has 0 aromatic carbocycles. The van der Waals surface area contributed by atoms with Gasteiger partial charge in [0, 0.05) is 56.9 Å². The van der Waals surface area contributed by atoms with Crippen LogP contribution in [0.1, 0.15) is 34.6 Å². The van der Waals surface area contributed by atoms with Crippen LogP contribution in [-0.2, 0) is 4.74 Å². The highest BCUT2D eigenvalue weighted by atomic mass is 16.5. The van der Waals surface area contributed by atoms with Gasteiger partial charge in [-0.15, -0.1) is 0 Å². The molecule has 6 nitrogen and oxygen atoms in total. The van der Waals surface area contributed by atoms with E-state index in [4.69, 9.17) is 4.74 Å². The molecule has 2 saturated heterocycles. The van der Waals surface area contributed by atoms with E-state index in [1.54, 1.807) is 6.20 Å². The second-order valence-electron chi connectivity index (χ2n) is 7.54. The van der Waals surface area contributed by atoms with Crippen LogP contribution < -0.4 is 0 Å². The van der Waals surface area contributed by atoms with E-state index in [0.29, 0.717) is 6.10 Å². The minimum absolute atomic E-state index is 0.127. The first-order chi connectivity index (χ1) is 13.1. The Hall–Kier alpha value is -2.18. The SMILES string of the molecule is Cc1cc(C(=O)N2CCN(CC3CCCO3)CC2)c(C)n1-c1ccccn1. The number of pyridine rings is 1. The molecule has 0 bridgehead atoms. The third-order valence-corrected chi connectivity index (χ3v) is 5.69. The third-order valence-electron chi connectivity index (χ3n) is 5.69. The quantitative estimate of drug-likeness (QED) is 0.832. The normalized spacial score (nSPS) is 21.0. The lowest BCUT2D eigenvalue weighted by Crippen LogP contribution is -2.50. The summed E-state index contributed by atoms with van der Waals surface area (Å²) in [4.78, 5) is 22.0. The number of nitrogens with zero attached hydrogens (tertiary/aromatic N) is 4. The number of carbonyl (C=O) groups is 1. The highest BCUT2D eigenvalue weighted by Crippen LogP contribution is 2.22. The predicted octanol–water partition coefficient (Wildman–Crippen LogP) is 2.43. The van der Waals surface area contributed by atoms with Crippen molar-refractivity contribution >= 4 is 5.91 Å². The molecule has 0 aliphatic carbocycles. The van der Waals surface area contributed by atoms with Crippen LogP contribution in [0.25, 0.3) is 5.82 Å². The highest BCUT2D eigenvalue weighted by Gasteiger charge is 2.27. The molecule has 2 aliphatic heterocycles. The van der Waals surface area contributed by atoms with Crippen molar-refractivity contribution in [1.29, 1.82) is 0 Å².